The monoisotopic (exact) mass is 2430 g/mol. The number of hydrogen-bond donors (Lipinski definition) is 0. The second-order valence-corrected chi connectivity index (χ2v) is 45.1. The fourth-order valence-corrected chi connectivity index (χ4v) is 20.7. The Kier molecular flexibility index (Phi) is 47.6. The molecule has 0 atom stereocenters. The van der Waals surface area contributed by atoms with Crippen LogP contribution in [0.3, 0.4) is 0 Å². The van der Waals surface area contributed by atoms with Crippen LogP contribution < -0.4 is 176 Å². The number of rotatable bonds is 18. The molecule has 0 saturated carbocycles. The summed E-state index contributed by atoms with van der Waals surface area (Å²) < 4.78 is 155. The van der Waals surface area contributed by atoms with Crippen LogP contribution in [0.25, 0.3) is 0 Å². The summed E-state index contributed by atoms with van der Waals surface area (Å²) in [5.74, 6) is 5.56. The molecule has 12 aromatic rings. The molecular weight excluding hydrogens is 2360 g/mol. The summed E-state index contributed by atoms with van der Waals surface area (Å²) in [4.78, 5) is 0. The predicted octanol–water partition coefficient (Wildman–Crippen LogP) is -8.43. The molecule has 0 N–H and O–H groups in total. The van der Waals surface area contributed by atoms with Crippen LogP contribution in [0.4, 0.5) is 8.44 Å². The molecule has 12 aromatic carbocycles. The molecule has 12 rings (SSSR count). The van der Waals surface area contributed by atoms with Gasteiger partial charge in [0.2, 0.25) is 0 Å². The van der Waals surface area contributed by atoms with E-state index in [1.54, 1.807) is 42.7 Å². The minimum absolute atomic E-state index is 0.0449. The zero-order valence-electron chi connectivity index (χ0n) is 57.0. The van der Waals surface area contributed by atoms with Crippen molar-refractivity contribution < 1.29 is 193 Å². The first kappa shape index (κ1) is 92.6. The third kappa shape index (κ3) is 48.4. The first-order valence-electron chi connectivity index (χ1n) is 30.5. The molecule has 15 nitrogen and oxygen atoms in total. The van der Waals surface area contributed by atoms with E-state index in [0.29, 0.717) is 0 Å². The second kappa shape index (κ2) is 53.9. The van der Waals surface area contributed by atoms with E-state index in [4.69, 9.17) is 57.8 Å². The van der Waals surface area contributed by atoms with Crippen LogP contribution in [0.15, 0.2) is 328 Å². The summed E-state index contributed by atoms with van der Waals surface area (Å²) in [6.07, 6.45) is 0. The molecule has 0 bridgehead atoms. The van der Waals surface area contributed by atoms with Crippen molar-refractivity contribution in [2.75, 3.05) is 42.7 Å². The van der Waals surface area contributed by atoms with Gasteiger partial charge in [0.15, 0.2) is 42.8 Å². The van der Waals surface area contributed by atoms with E-state index in [1.165, 1.54) is 42.8 Å². The molecule has 0 aliphatic carbocycles. The molecule has 105 heavy (non-hydrogen) atoms. The summed E-state index contributed by atoms with van der Waals surface area (Å²) >= 11 is -19.3. The number of hydrogen-bond acceptors (Lipinski definition) is 15. The molecule has 0 aliphatic rings. The summed E-state index contributed by atoms with van der Waals surface area (Å²) in [5, 5.41) is 0. The fourth-order valence-electron chi connectivity index (χ4n) is 7.42. The molecule has 0 aliphatic heterocycles. The number of methoxy groups -OCH3 is 6. The summed E-state index contributed by atoms with van der Waals surface area (Å²) in [7, 11) is 10.2. The summed E-state index contributed by atoms with van der Waals surface area (Å²) in [6, 6.07) is 114. The quantitative estimate of drug-likeness (QED) is 0.0573. The van der Waals surface area contributed by atoms with Gasteiger partial charge >= 0.3 is 226 Å². The standard InChI is InChI=1S/6C13H12IO.3FH.9O.3Sb/c6*1-15-13-9-7-12(8-10-13)14-11-5-3-2-4-6-11;;;;;;;;;;;;;;;/h6*2-10H,1H3;3*1H;;;;;;;;;;;;/q6*+1;;;;;;;6*-1;3*+1/p-3. The van der Waals surface area contributed by atoms with Gasteiger partial charge in [-0.25, -0.2) is 0 Å². The molecule has 0 radical (unpaired) electrons. The van der Waals surface area contributed by atoms with E-state index < -0.39 is 60.6 Å². The third-order valence-electron chi connectivity index (χ3n) is 12.0. The third-order valence-corrected chi connectivity index (χ3v) is 28.1. The Morgan fingerprint density at radius 1 is 0.190 bits per heavy atom. The van der Waals surface area contributed by atoms with E-state index in [9.17, 15) is 8.44 Å². The molecule has 0 fully saturated rings. The van der Waals surface area contributed by atoms with Crippen molar-refractivity contribution >= 4 is 60.6 Å². The van der Waals surface area contributed by atoms with Gasteiger partial charge in [-0.15, -0.1) is 0 Å². The SMILES string of the molecule is COc1ccc([I+]c2ccccc2)cc1.COc1ccc([I+]c2ccccc2)cc1.COc1ccc([I+]c2ccccc2)cc1.COc1ccc([I+]c2ccccc2)cc1.COc1ccc([I+]c2ccccc2)cc1.COc1ccc([I+]c2ccccc2)cc1.[O]=[Sb]([O-])([O-])[F].[O]=[Sb]([O-])([O-])[F].[O]=[Sb]([O-])([O-])[F]. The van der Waals surface area contributed by atoms with Gasteiger partial charge in [-0.2, -0.15) is 0 Å². The number of halogens is 9. The Bertz CT molecular complexity index is 3640. The number of benzene rings is 12. The van der Waals surface area contributed by atoms with E-state index in [0.717, 1.165) is 34.5 Å². The maximum atomic E-state index is 10.2. The van der Waals surface area contributed by atoms with Crippen LogP contribution in [0.5, 0.6) is 34.5 Å². The van der Waals surface area contributed by atoms with Crippen molar-refractivity contribution in [3.8, 4) is 34.5 Å². The van der Waals surface area contributed by atoms with E-state index in [1.807, 2.05) is 72.8 Å². The van der Waals surface area contributed by atoms with Gasteiger partial charge in [-0.1, -0.05) is 109 Å². The van der Waals surface area contributed by atoms with Crippen LogP contribution in [0, 0.1) is 42.8 Å². The van der Waals surface area contributed by atoms with Gasteiger partial charge in [0.1, 0.15) is 34.5 Å². The van der Waals surface area contributed by atoms with Crippen molar-refractivity contribution in [2.45, 2.75) is 0 Å². The van der Waals surface area contributed by atoms with Crippen molar-refractivity contribution in [3.63, 3.8) is 0 Å². The van der Waals surface area contributed by atoms with Crippen LogP contribution in [0.1, 0.15) is 0 Å². The average molecular weight is 2430 g/mol. The second-order valence-electron chi connectivity index (χ2n) is 19.6. The van der Waals surface area contributed by atoms with Gasteiger partial charge in [-0.05, 0) is 218 Å². The Labute approximate surface area is 691 Å². The zero-order chi connectivity index (χ0) is 76.6. The Hall–Kier alpha value is -4.78. The zero-order valence-corrected chi connectivity index (χ0v) is 77.6. The molecule has 552 valence electrons. The topological polar surface area (TPSA) is 245 Å². The summed E-state index contributed by atoms with van der Waals surface area (Å²) in [6.45, 7) is 0. The first-order valence-corrected chi connectivity index (χ1v) is 55.7. The molecule has 0 aromatic heterocycles. The Morgan fingerprint density at radius 3 is 0.362 bits per heavy atom. The molecule has 27 heteroatoms. The van der Waals surface area contributed by atoms with Crippen LogP contribution in [0.2, 0.25) is 0 Å². The van der Waals surface area contributed by atoms with E-state index >= 15 is 0 Å². The first-order chi connectivity index (χ1) is 50.3. The van der Waals surface area contributed by atoms with E-state index in [2.05, 4.69) is 255 Å². The Morgan fingerprint density at radius 2 is 0.276 bits per heavy atom. The van der Waals surface area contributed by atoms with Crippen LogP contribution in [-0.2, 0) is 9.05 Å². The van der Waals surface area contributed by atoms with Gasteiger partial charge in [0.05, 0.1) is 42.7 Å². The van der Waals surface area contributed by atoms with Crippen molar-refractivity contribution in [1.29, 1.82) is 0 Å². The van der Waals surface area contributed by atoms with Gasteiger partial charge in [0, 0.05) is 0 Å². The average Bonchev–Trinajstić information content (AvgIpc) is 0.940. The van der Waals surface area contributed by atoms with Gasteiger partial charge < -0.3 is 28.4 Å². The molecule has 0 heterocycles. The molecule has 0 amide bonds. The van der Waals surface area contributed by atoms with E-state index in [-0.39, 0.29) is 127 Å². The van der Waals surface area contributed by atoms with Crippen LogP contribution >= 0.6 is 0 Å². The minimum atomic E-state index is -6.35. The molecule has 0 saturated heterocycles. The molecule has 0 unspecified atom stereocenters. The molecule has 0 spiro atoms. The normalized spacial score (nSPS) is 10.2. The summed E-state index contributed by atoms with van der Waals surface area (Å²) in [5.41, 5.74) is 0. The van der Waals surface area contributed by atoms with Gasteiger partial charge in [-0.3, -0.25) is 0 Å². The Balaban J connectivity index is 0.000000256. The van der Waals surface area contributed by atoms with Crippen molar-refractivity contribution in [3.05, 3.63) is 370 Å². The van der Waals surface area contributed by atoms with Gasteiger partial charge in [0.25, 0.3) is 0 Å². The molecular formula is C78H72F3I6O15Sb3. The number of ether oxygens (including phenoxy) is 6. The van der Waals surface area contributed by atoms with Crippen molar-refractivity contribution in [2.24, 2.45) is 0 Å². The van der Waals surface area contributed by atoms with Crippen LogP contribution in [-0.4, -0.2) is 103 Å². The maximum absolute atomic E-state index is 10.2. The predicted molar refractivity (Wildman–Crippen MR) is 364 cm³/mol. The fraction of sp³-hybridized carbons (Fsp3) is 0.0769. The van der Waals surface area contributed by atoms with Crippen molar-refractivity contribution in [1.82, 2.24) is 0 Å².